The number of rotatable bonds is 3. The van der Waals surface area contributed by atoms with E-state index in [4.69, 9.17) is 0 Å². The number of aromatic nitrogens is 2. The number of amides is 1. The molecule has 0 radical (unpaired) electrons. The Labute approximate surface area is 164 Å². The predicted molar refractivity (Wildman–Crippen MR) is 112 cm³/mol. The molecule has 0 unspecified atom stereocenters. The Morgan fingerprint density at radius 1 is 1.21 bits per heavy atom. The van der Waals surface area contributed by atoms with E-state index in [0.717, 1.165) is 25.9 Å². The fraction of sp³-hybridized carbons (Fsp3) is 0.364. The standard InChI is InChI=1S/C22H26N4O2/c1-15-5-4-6-17(13-15)26-11-8-16(9-12-26)25(3)21(27)19-14-24(2)22(28)20-18(19)7-10-23-20/h4-7,10,13-14,16,23H,8-9,11-12H2,1-3H3. The minimum Gasteiger partial charge on any atom is -0.371 e. The van der Waals surface area contributed by atoms with Crippen molar-refractivity contribution in [3.8, 4) is 0 Å². The van der Waals surface area contributed by atoms with E-state index >= 15 is 0 Å². The summed E-state index contributed by atoms with van der Waals surface area (Å²) in [6.07, 6.45) is 5.22. The zero-order chi connectivity index (χ0) is 19.8. The molecule has 1 aromatic carbocycles. The van der Waals surface area contributed by atoms with E-state index in [1.807, 2.05) is 11.9 Å². The third-order valence-electron chi connectivity index (χ3n) is 5.82. The summed E-state index contributed by atoms with van der Waals surface area (Å²) in [4.78, 5) is 32.6. The minimum atomic E-state index is -0.120. The lowest BCUT2D eigenvalue weighted by Gasteiger charge is -2.38. The summed E-state index contributed by atoms with van der Waals surface area (Å²) in [5.41, 5.74) is 3.44. The van der Waals surface area contributed by atoms with Gasteiger partial charge in [-0.05, 0) is 43.5 Å². The molecule has 3 heterocycles. The second kappa shape index (κ2) is 7.19. The number of anilines is 1. The molecule has 1 fully saturated rings. The first-order chi connectivity index (χ1) is 13.5. The average Bonchev–Trinajstić information content (AvgIpc) is 3.20. The van der Waals surface area contributed by atoms with E-state index in [0.29, 0.717) is 16.5 Å². The number of nitrogens with one attached hydrogen (secondary N) is 1. The van der Waals surface area contributed by atoms with Crippen LogP contribution in [0.3, 0.4) is 0 Å². The zero-order valence-electron chi connectivity index (χ0n) is 16.6. The van der Waals surface area contributed by atoms with Gasteiger partial charge < -0.3 is 19.4 Å². The lowest BCUT2D eigenvalue weighted by molar-refractivity contribution is 0.0710. The van der Waals surface area contributed by atoms with E-state index in [1.54, 1.807) is 25.5 Å². The number of aromatic amines is 1. The van der Waals surface area contributed by atoms with Crippen LogP contribution in [0.2, 0.25) is 0 Å². The third-order valence-corrected chi connectivity index (χ3v) is 5.82. The van der Waals surface area contributed by atoms with Gasteiger partial charge in [0.1, 0.15) is 5.52 Å². The highest BCUT2D eigenvalue weighted by Gasteiger charge is 2.27. The maximum absolute atomic E-state index is 13.2. The van der Waals surface area contributed by atoms with Crippen LogP contribution < -0.4 is 10.5 Å². The summed E-state index contributed by atoms with van der Waals surface area (Å²) in [6.45, 7) is 3.97. The van der Waals surface area contributed by atoms with Crippen LogP contribution in [0.4, 0.5) is 5.69 Å². The van der Waals surface area contributed by atoms with Crippen molar-refractivity contribution in [1.82, 2.24) is 14.5 Å². The van der Waals surface area contributed by atoms with Gasteiger partial charge in [0.25, 0.3) is 11.5 Å². The number of H-pyrrole nitrogens is 1. The van der Waals surface area contributed by atoms with E-state index in [-0.39, 0.29) is 17.5 Å². The van der Waals surface area contributed by atoms with Gasteiger partial charge in [-0.2, -0.15) is 0 Å². The molecular formula is C22H26N4O2. The molecule has 28 heavy (non-hydrogen) atoms. The van der Waals surface area contributed by atoms with Gasteiger partial charge in [-0.15, -0.1) is 0 Å². The Kier molecular flexibility index (Phi) is 4.71. The van der Waals surface area contributed by atoms with Crippen molar-refractivity contribution < 1.29 is 4.79 Å². The van der Waals surface area contributed by atoms with Crippen LogP contribution in [-0.4, -0.2) is 46.5 Å². The first kappa shape index (κ1) is 18.3. The van der Waals surface area contributed by atoms with Crippen LogP contribution in [0.5, 0.6) is 0 Å². The molecule has 6 heteroatoms. The van der Waals surface area contributed by atoms with Gasteiger partial charge in [0.2, 0.25) is 0 Å². The summed E-state index contributed by atoms with van der Waals surface area (Å²) in [6, 6.07) is 10.6. The summed E-state index contributed by atoms with van der Waals surface area (Å²) in [7, 11) is 3.55. The number of carbonyl (C=O) groups is 1. The minimum absolute atomic E-state index is 0.0331. The Bertz CT molecular complexity index is 1070. The first-order valence-electron chi connectivity index (χ1n) is 9.71. The van der Waals surface area contributed by atoms with Gasteiger partial charge in [-0.3, -0.25) is 9.59 Å². The van der Waals surface area contributed by atoms with E-state index < -0.39 is 0 Å². The maximum atomic E-state index is 13.2. The molecule has 1 amide bonds. The van der Waals surface area contributed by atoms with Crippen LogP contribution in [0.15, 0.2) is 47.5 Å². The second-order valence-electron chi connectivity index (χ2n) is 7.70. The smallest absolute Gasteiger partial charge is 0.274 e. The third kappa shape index (κ3) is 3.19. The van der Waals surface area contributed by atoms with Crippen molar-refractivity contribution in [2.45, 2.75) is 25.8 Å². The molecule has 1 N–H and O–H groups in total. The van der Waals surface area contributed by atoms with Gasteiger partial charge >= 0.3 is 0 Å². The number of piperidine rings is 1. The van der Waals surface area contributed by atoms with Crippen LogP contribution in [0.1, 0.15) is 28.8 Å². The van der Waals surface area contributed by atoms with Crippen LogP contribution in [0.25, 0.3) is 10.9 Å². The van der Waals surface area contributed by atoms with Crippen molar-refractivity contribution in [3.05, 3.63) is 64.2 Å². The monoisotopic (exact) mass is 378 g/mol. The van der Waals surface area contributed by atoms with Gasteiger partial charge in [-0.25, -0.2) is 0 Å². The van der Waals surface area contributed by atoms with Gasteiger partial charge in [-0.1, -0.05) is 12.1 Å². The number of pyridine rings is 1. The quantitative estimate of drug-likeness (QED) is 0.762. The topological polar surface area (TPSA) is 61.3 Å². The molecular weight excluding hydrogens is 352 g/mol. The van der Waals surface area contributed by atoms with Gasteiger partial charge in [0.15, 0.2) is 0 Å². The van der Waals surface area contributed by atoms with Gasteiger partial charge in [0.05, 0.1) is 5.56 Å². The molecule has 0 spiro atoms. The fourth-order valence-corrected chi connectivity index (χ4v) is 4.13. The maximum Gasteiger partial charge on any atom is 0.274 e. The molecule has 0 saturated carbocycles. The Morgan fingerprint density at radius 3 is 2.68 bits per heavy atom. The Balaban J connectivity index is 1.51. The van der Waals surface area contributed by atoms with Crippen molar-refractivity contribution in [3.63, 3.8) is 0 Å². The van der Waals surface area contributed by atoms with Crippen LogP contribution in [0, 0.1) is 6.92 Å². The molecule has 1 aliphatic rings. The number of benzene rings is 1. The highest BCUT2D eigenvalue weighted by atomic mass is 16.2. The lowest BCUT2D eigenvalue weighted by Crippen LogP contribution is -2.46. The normalized spacial score (nSPS) is 15.2. The molecule has 0 bridgehead atoms. The molecule has 0 aliphatic carbocycles. The molecule has 2 aromatic heterocycles. The molecule has 0 atom stereocenters. The largest absolute Gasteiger partial charge is 0.371 e. The predicted octanol–water partition coefficient (Wildman–Crippen LogP) is 2.92. The number of fused-ring (bicyclic) bond motifs is 1. The van der Waals surface area contributed by atoms with E-state index in [1.165, 1.54) is 15.8 Å². The summed E-state index contributed by atoms with van der Waals surface area (Å²) in [5.74, 6) is -0.0331. The van der Waals surface area contributed by atoms with E-state index in [2.05, 4.69) is 41.1 Å². The second-order valence-corrected chi connectivity index (χ2v) is 7.70. The first-order valence-corrected chi connectivity index (χ1v) is 9.71. The lowest BCUT2D eigenvalue weighted by atomic mass is 10.0. The van der Waals surface area contributed by atoms with Crippen molar-refractivity contribution >= 4 is 22.5 Å². The number of nitrogens with zero attached hydrogens (tertiary/aromatic N) is 3. The van der Waals surface area contributed by atoms with E-state index in [9.17, 15) is 9.59 Å². The Hall–Kier alpha value is -3.02. The highest BCUT2D eigenvalue weighted by Crippen LogP contribution is 2.24. The average molecular weight is 378 g/mol. The van der Waals surface area contributed by atoms with Crippen molar-refractivity contribution in [2.75, 3.05) is 25.0 Å². The highest BCUT2D eigenvalue weighted by molar-refractivity contribution is 6.05. The molecule has 6 nitrogen and oxygen atoms in total. The molecule has 1 saturated heterocycles. The summed E-state index contributed by atoms with van der Waals surface area (Å²) < 4.78 is 1.47. The number of hydrogen-bond acceptors (Lipinski definition) is 3. The van der Waals surface area contributed by atoms with Crippen molar-refractivity contribution in [2.24, 2.45) is 7.05 Å². The molecule has 3 aromatic rings. The summed E-state index contributed by atoms with van der Waals surface area (Å²) >= 11 is 0. The fourth-order valence-electron chi connectivity index (χ4n) is 4.13. The molecule has 4 rings (SSSR count). The van der Waals surface area contributed by atoms with Gasteiger partial charge in [0, 0.05) is 56.7 Å². The van der Waals surface area contributed by atoms with Crippen molar-refractivity contribution in [1.29, 1.82) is 0 Å². The zero-order valence-corrected chi connectivity index (χ0v) is 16.6. The van der Waals surface area contributed by atoms with Crippen LogP contribution >= 0.6 is 0 Å². The molecule has 146 valence electrons. The number of hydrogen-bond donors (Lipinski definition) is 1. The molecule has 1 aliphatic heterocycles. The Morgan fingerprint density at radius 2 is 1.96 bits per heavy atom. The SMILES string of the molecule is Cc1cccc(N2CCC(N(C)C(=O)c3cn(C)c(=O)c4[nH]ccc34)CC2)c1. The summed E-state index contributed by atoms with van der Waals surface area (Å²) in [5, 5.41) is 0.692. The number of aryl methyl sites for hydroxylation is 2. The van der Waals surface area contributed by atoms with Crippen LogP contribution in [-0.2, 0) is 7.05 Å². The number of carbonyl (C=O) groups excluding carboxylic acids is 1.